The number of ketones is 1. The zero-order valence-electron chi connectivity index (χ0n) is 16.0. The van der Waals surface area contributed by atoms with Crippen molar-refractivity contribution in [2.24, 2.45) is 10.7 Å². The number of sulfonamides is 1. The van der Waals surface area contributed by atoms with Gasteiger partial charge in [-0.15, -0.1) is 0 Å². The predicted octanol–water partition coefficient (Wildman–Crippen LogP) is 0.860. The van der Waals surface area contributed by atoms with Gasteiger partial charge in [-0.2, -0.15) is 0 Å². The summed E-state index contributed by atoms with van der Waals surface area (Å²) in [5, 5.41) is 9.93. The highest BCUT2D eigenvalue weighted by molar-refractivity contribution is 7.89. The molecule has 1 atom stereocenters. The Morgan fingerprint density at radius 1 is 1.41 bits per heavy atom. The van der Waals surface area contributed by atoms with Gasteiger partial charge >= 0.3 is 0 Å². The lowest BCUT2D eigenvalue weighted by Gasteiger charge is -2.33. The van der Waals surface area contributed by atoms with Crippen LogP contribution in [0.2, 0.25) is 0 Å². The second-order valence-electron chi connectivity index (χ2n) is 7.08. The van der Waals surface area contributed by atoms with Crippen LogP contribution in [0.5, 0.6) is 5.75 Å². The Morgan fingerprint density at radius 2 is 2.10 bits per heavy atom. The number of halogens is 1. The average molecular weight is 421 g/mol. The van der Waals surface area contributed by atoms with Crippen LogP contribution < -0.4 is 5.73 Å². The number of nitrogens with two attached hydrogens (primary N) is 1. The summed E-state index contributed by atoms with van der Waals surface area (Å²) in [5.74, 6) is -2.36. The number of carbonyl (C=O) groups is 1. The van der Waals surface area contributed by atoms with E-state index in [9.17, 15) is 22.7 Å². The molecule has 0 saturated carbocycles. The number of aromatic hydroxyl groups is 1. The monoisotopic (exact) mass is 421 g/mol. The quantitative estimate of drug-likeness (QED) is 0.698. The van der Waals surface area contributed by atoms with E-state index >= 15 is 0 Å². The first kappa shape index (κ1) is 20.6. The Morgan fingerprint density at radius 3 is 2.72 bits per heavy atom. The number of carbonyl (C=O) groups excluding carboxylic acids is 1. The van der Waals surface area contributed by atoms with Crippen LogP contribution in [-0.4, -0.2) is 52.3 Å². The average Bonchev–Trinajstić information content (AvgIpc) is 2.60. The molecule has 0 fully saturated rings. The highest BCUT2D eigenvalue weighted by atomic mass is 32.2. The molecule has 0 radical (unpaired) electrons. The molecule has 2 aromatic heterocycles. The van der Waals surface area contributed by atoms with Crippen molar-refractivity contribution in [2.75, 3.05) is 12.8 Å². The van der Waals surface area contributed by atoms with Crippen molar-refractivity contribution in [3.8, 4) is 5.75 Å². The first-order chi connectivity index (χ1) is 13.4. The van der Waals surface area contributed by atoms with E-state index in [0.29, 0.717) is 5.56 Å². The first-order valence-electron chi connectivity index (χ1n) is 8.59. The van der Waals surface area contributed by atoms with Crippen LogP contribution in [0.25, 0.3) is 0 Å². The molecule has 1 aliphatic heterocycles. The van der Waals surface area contributed by atoms with Gasteiger partial charge in [-0.05, 0) is 37.6 Å². The Balaban J connectivity index is 1.98. The molecule has 29 heavy (non-hydrogen) atoms. The molecule has 3 heterocycles. The molecule has 1 aliphatic rings. The third-order valence-electron chi connectivity index (χ3n) is 4.59. The molecule has 154 valence electrons. The predicted molar refractivity (Wildman–Crippen MR) is 103 cm³/mol. The Bertz CT molecular complexity index is 1140. The van der Waals surface area contributed by atoms with E-state index in [4.69, 9.17) is 5.73 Å². The van der Waals surface area contributed by atoms with E-state index in [2.05, 4.69) is 15.0 Å². The third-order valence-corrected chi connectivity index (χ3v) is 6.54. The topological polar surface area (TPSA) is 139 Å². The molecular formula is C18H20FN5O4S. The van der Waals surface area contributed by atoms with Gasteiger partial charge in [0.15, 0.2) is 5.78 Å². The number of hydrogen-bond acceptors (Lipinski definition) is 8. The van der Waals surface area contributed by atoms with E-state index in [1.807, 2.05) is 0 Å². The second kappa shape index (κ2) is 7.07. The van der Waals surface area contributed by atoms with Crippen LogP contribution in [0, 0.1) is 12.7 Å². The minimum Gasteiger partial charge on any atom is -0.506 e. The lowest BCUT2D eigenvalue weighted by atomic mass is 9.98. The summed E-state index contributed by atoms with van der Waals surface area (Å²) in [4.78, 5) is 24.7. The molecule has 2 aromatic rings. The van der Waals surface area contributed by atoms with Gasteiger partial charge in [0, 0.05) is 18.9 Å². The summed E-state index contributed by atoms with van der Waals surface area (Å²) in [5.41, 5.74) is 4.65. The van der Waals surface area contributed by atoms with Crippen LogP contribution >= 0.6 is 0 Å². The zero-order chi connectivity index (χ0) is 21.6. The van der Waals surface area contributed by atoms with Gasteiger partial charge in [0.25, 0.3) is 0 Å². The fraction of sp³-hybridized carbons (Fsp3) is 0.333. The summed E-state index contributed by atoms with van der Waals surface area (Å²) in [6.45, 7) is 3.13. The van der Waals surface area contributed by atoms with E-state index in [1.165, 1.54) is 32.3 Å². The minimum absolute atomic E-state index is 0.126. The third kappa shape index (κ3) is 3.90. The number of hydrogen-bond donors (Lipinski definition) is 2. The maximum atomic E-state index is 14.5. The van der Waals surface area contributed by atoms with Crippen LogP contribution in [-0.2, 0) is 22.0 Å². The number of aryl methyl sites for hydroxylation is 1. The maximum absolute atomic E-state index is 14.5. The van der Waals surface area contributed by atoms with Crippen molar-refractivity contribution in [1.29, 1.82) is 0 Å². The van der Waals surface area contributed by atoms with Gasteiger partial charge < -0.3 is 10.8 Å². The fourth-order valence-electron chi connectivity index (χ4n) is 3.05. The lowest BCUT2D eigenvalue weighted by molar-refractivity contribution is 0.0984. The molecule has 0 unspecified atom stereocenters. The maximum Gasteiger partial charge on any atom is 0.239 e. The summed E-state index contributed by atoms with van der Waals surface area (Å²) >= 11 is 0. The minimum atomic E-state index is -3.81. The van der Waals surface area contributed by atoms with E-state index in [-0.39, 0.29) is 35.2 Å². The normalized spacial score (nSPS) is 21.0. The number of guanidine groups is 1. The van der Waals surface area contributed by atoms with E-state index in [0.717, 1.165) is 10.4 Å². The van der Waals surface area contributed by atoms with Crippen molar-refractivity contribution < 1.29 is 22.7 Å². The Hall–Kier alpha value is -3.08. The van der Waals surface area contributed by atoms with E-state index < -0.39 is 32.9 Å². The number of pyridine rings is 2. The van der Waals surface area contributed by atoms with Crippen molar-refractivity contribution in [3.63, 3.8) is 0 Å². The highest BCUT2D eigenvalue weighted by Crippen LogP contribution is 2.32. The number of Topliss-reactive ketones (excluding diaryl/α,β-unsaturated/α-hetero) is 1. The highest BCUT2D eigenvalue weighted by Gasteiger charge is 2.43. The van der Waals surface area contributed by atoms with E-state index in [1.54, 1.807) is 6.92 Å². The SMILES string of the molecule is Cc1cnc(C(=O)Cc2ccc(F)c([C@]3(C)CS(=O)(=O)N(C)C(N)=N3)n2)c(O)c1. The van der Waals surface area contributed by atoms with Crippen LogP contribution in [0.3, 0.4) is 0 Å². The largest absolute Gasteiger partial charge is 0.506 e. The van der Waals surface area contributed by atoms with Crippen molar-refractivity contribution in [2.45, 2.75) is 25.8 Å². The Labute approximate surface area is 167 Å². The van der Waals surface area contributed by atoms with Gasteiger partial charge in [-0.25, -0.2) is 27.1 Å². The van der Waals surface area contributed by atoms with Crippen molar-refractivity contribution in [3.05, 3.63) is 52.9 Å². The zero-order valence-corrected chi connectivity index (χ0v) is 16.9. The number of nitrogens with zero attached hydrogens (tertiary/aromatic N) is 4. The smallest absolute Gasteiger partial charge is 0.239 e. The van der Waals surface area contributed by atoms with Crippen LogP contribution in [0.4, 0.5) is 4.39 Å². The molecule has 0 bridgehead atoms. The van der Waals surface area contributed by atoms with Gasteiger partial charge in [-0.3, -0.25) is 9.78 Å². The molecule has 0 amide bonds. The Kier molecular flexibility index (Phi) is 5.03. The molecule has 11 heteroatoms. The molecular weight excluding hydrogens is 401 g/mol. The molecule has 0 saturated heterocycles. The van der Waals surface area contributed by atoms with Crippen molar-refractivity contribution >= 4 is 21.8 Å². The molecule has 3 N–H and O–H groups in total. The molecule has 0 aromatic carbocycles. The number of aromatic nitrogens is 2. The van der Waals surface area contributed by atoms with Crippen LogP contribution in [0.15, 0.2) is 29.4 Å². The van der Waals surface area contributed by atoms with Gasteiger partial charge in [-0.1, -0.05) is 0 Å². The summed E-state index contributed by atoms with van der Waals surface area (Å²) in [6.07, 6.45) is 1.18. The standard InChI is InChI=1S/C18H20FN5O4S/c1-10-6-13(25)15(21-8-10)14(26)7-11-4-5-12(19)16(22-11)18(2)9-29(27,28)24(3)17(20)23-18/h4-6,8,25H,7,9H2,1-3H3,(H2,20,23)/t18-/m0/s1. The number of aliphatic imine (C=N–C) groups is 1. The number of rotatable bonds is 4. The van der Waals surface area contributed by atoms with Gasteiger partial charge in [0.05, 0.1) is 6.42 Å². The molecule has 0 aliphatic carbocycles. The fourth-order valence-corrected chi connectivity index (χ4v) is 4.48. The molecule has 0 spiro atoms. The summed E-state index contributed by atoms with van der Waals surface area (Å²) in [7, 11) is -2.55. The summed E-state index contributed by atoms with van der Waals surface area (Å²) in [6, 6.07) is 3.81. The van der Waals surface area contributed by atoms with Crippen molar-refractivity contribution in [1.82, 2.24) is 14.3 Å². The van der Waals surface area contributed by atoms with Gasteiger partial charge in [0.1, 0.15) is 34.2 Å². The lowest BCUT2D eigenvalue weighted by Crippen LogP contribution is -2.50. The van der Waals surface area contributed by atoms with Gasteiger partial charge in [0.2, 0.25) is 16.0 Å². The summed E-state index contributed by atoms with van der Waals surface area (Å²) < 4.78 is 40.0. The molecule has 3 rings (SSSR count). The van der Waals surface area contributed by atoms with Crippen LogP contribution in [0.1, 0.15) is 34.4 Å². The molecule has 9 nitrogen and oxygen atoms in total. The first-order valence-corrected chi connectivity index (χ1v) is 10.2. The second-order valence-corrected chi connectivity index (χ2v) is 9.08.